The molecule has 0 spiro atoms. The van der Waals surface area contributed by atoms with Gasteiger partial charge < -0.3 is 10.5 Å². The van der Waals surface area contributed by atoms with Crippen LogP contribution in [-0.4, -0.2) is 18.1 Å². The van der Waals surface area contributed by atoms with Crippen LogP contribution in [0, 0.1) is 0 Å². The van der Waals surface area contributed by atoms with E-state index in [9.17, 15) is 4.79 Å². The van der Waals surface area contributed by atoms with Gasteiger partial charge in [-0.05, 0) is 6.42 Å². The molecule has 16 heavy (non-hydrogen) atoms. The topological polar surface area (TPSA) is 55.6 Å². The Labute approximate surface area is 98.7 Å². The maximum atomic E-state index is 10.8. The molecular formula is C13H25NO2. The predicted molar refractivity (Wildman–Crippen MR) is 65.1 cm³/mol. The van der Waals surface area contributed by atoms with E-state index in [2.05, 4.69) is 6.92 Å². The average molecular weight is 227 g/mol. The van der Waals surface area contributed by atoms with Crippen LogP contribution in [0.2, 0.25) is 0 Å². The molecule has 1 amide bonds. The maximum absolute atomic E-state index is 10.8. The second kappa shape index (κ2) is 6.89. The SMILES string of the molecule is CCCCCCCCCC1(CC(N)=O)CO1. The second-order valence-corrected chi connectivity index (χ2v) is 4.99. The lowest BCUT2D eigenvalue weighted by atomic mass is 9.97. The zero-order valence-corrected chi connectivity index (χ0v) is 10.5. The van der Waals surface area contributed by atoms with Crippen LogP contribution in [-0.2, 0) is 9.53 Å². The van der Waals surface area contributed by atoms with Crippen molar-refractivity contribution in [3.8, 4) is 0 Å². The van der Waals surface area contributed by atoms with Crippen molar-refractivity contribution in [3.05, 3.63) is 0 Å². The van der Waals surface area contributed by atoms with Crippen LogP contribution < -0.4 is 5.73 Å². The van der Waals surface area contributed by atoms with E-state index in [0.29, 0.717) is 6.42 Å². The predicted octanol–water partition coefficient (Wildman–Crippen LogP) is 2.77. The van der Waals surface area contributed by atoms with Gasteiger partial charge >= 0.3 is 0 Å². The second-order valence-electron chi connectivity index (χ2n) is 4.99. The fourth-order valence-corrected chi connectivity index (χ4v) is 2.16. The zero-order valence-electron chi connectivity index (χ0n) is 10.5. The first-order chi connectivity index (χ1) is 7.68. The molecule has 1 unspecified atom stereocenters. The average Bonchev–Trinajstić information content (AvgIpc) is 2.96. The van der Waals surface area contributed by atoms with E-state index in [1.54, 1.807) is 0 Å². The first kappa shape index (κ1) is 13.5. The minimum atomic E-state index is -0.236. The Morgan fingerprint density at radius 1 is 1.19 bits per heavy atom. The Morgan fingerprint density at radius 2 is 1.75 bits per heavy atom. The summed E-state index contributed by atoms with van der Waals surface area (Å²) in [5, 5.41) is 0. The smallest absolute Gasteiger partial charge is 0.220 e. The zero-order chi connectivity index (χ0) is 11.9. The monoisotopic (exact) mass is 227 g/mol. The normalized spacial score (nSPS) is 23.3. The molecule has 0 radical (unpaired) electrons. The first-order valence-electron chi connectivity index (χ1n) is 6.61. The molecule has 0 bridgehead atoms. The van der Waals surface area contributed by atoms with Crippen LogP contribution in [0.25, 0.3) is 0 Å². The van der Waals surface area contributed by atoms with Gasteiger partial charge in [0.1, 0.15) is 5.60 Å². The highest BCUT2D eigenvalue weighted by Gasteiger charge is 2.45. The fourth-order valence-electron chi connectivity index (χ4n) is 2.16. The molecule has 0 aliphatic carbocycles. The molecule has 1 aliphatic rings. The van der Waals surface area contributed by atoms with E-state index in [0.717, 1.165) is 13.0 Å². The molecule has 1 heterocycles. The van der Waals surface area contributed by atoms with Crippen molar-refractivity contribution >= 4 is 5.91 Å². The molecule has 0 aromatic rings. The summed E-state index contributed by atoms with van der Waals surface area (Å²) in [6.45, 7) is 2.96. The highest BCUT2D eigenvalue weighted by atomic mass is 16.6. The van der Waals surface area contributed by atoms with Gasteiger partial charge in [0.05, 0.1) is 13.0 Å². The van der Waals surface area contributed by atoms with Gasteiger partial charge in [0.2, 0.25) is 5.91 Å². The summed E-state index contributed by atoms with van der Waals surface area (Å²) in [6, 6.07) is 0. The van der Waals surface area contributed by atoms with Crippen molar-refractivity contribution in [1.82, 2.24) is 0 Å². The third kappa shape index (κ3) is 5.50. The number of amides is 1. The van der Waals surface area contributed by atoms with Crippen LogP contribution in [0.3, 0.4) is 0 Å². The van der Waals surface area contributed by atoms with Crippen LogP contribution in [0.5, 0.6) is 0 Å². The van der Waals surface area contributed by atoms with Gasteiger partial charge in [-0.1, -0.05) is 51.9 Å². The third-order valence-electron chi connectivity index (χ3n) is 3.28. The number of ether oxygens (including phenoxy) is 1. The van der Waals surface area contributed by atoms with Crippen LogP contribution in [0.15, 0.2) is 0 Å². The number of epoxide rings is 1. The number of nitrogens with two attached hydrogens (primary N) is 1. The van der Waals surface area contributed by atoms with E-state index < -0.39 is 0 Å². The Morgan fingerprint density at radius 3 is 2.25 bits per heavy atom. The number of rotatable bonds is 10. The molecule has 1 saturated heterocycles. The lowest BCUT2D eigenvalue weighted by Gasteiger charge is -2.08. The van der Waals surface area contributed by atoms with Crippen molar-refractivity contribution in [2.75, 3.05) is 6.61 Å². The van der Waals surface area contributed by atoms with Crippen molar-refractivity contribution in [3.63, 3.8) is 0 Å². The van der Waals surface area contributed by atoms with Crippen molar-refractivity contribution in [2.45, 2.75) is 70.3 Å². The van der Waals surface area contributed by atoms with Crippen molar-refractivity contribution < 1.29 is 9.53 Å². The third-order valence-corrected chi connectivity index (χ3v) is 3.28. The van der Waals surface area contributed by atoms with Crippen molar-refractivity contribution in [2.24, 2.45) is 5.73 Å². The minimum Gasteiger partial charge on any atom is -0.370 e. The molecule has 94 valence electrons. The molecule has 0 saturated carbocycles. The molecule has 0 aromatic heterocycles. The number of unbranched alkanes of at least 4 members (excludes halogenated alkanes) is 6. The summed E-state index contributed by atoms with van der Waals surface area (Å²) in [7, 11) is 0. The molecule has 3 heteroatoms. The van der Waals surface area contributed by atoms with Crippen LogP contribution >= 0.6 is 0 Å². The molecule has 0 aromatic carbocycles. The number of carbonyl (C=O) groups is 1. The largest absolute Gasteiger partial charge is 0.370 e. The van der Waals surface area contributed by atoms with Gasteiger partial charge in [-0.25, -0.2) is 0 Å². The minimum absolute atomic E-state index is 0.157. The number of primary amides is 1. The van der Waals surface area contributed by atoms with E-state index in [1.807, 2.05) is 0 Å². The lowest BCUT2D eigenvalue weighted by Crippen LogP contribution is -2.22. The van der Waals surface area contributed by atoms with E-state index in [1.165, 1.54) is 44.9 Å². The van der Waals surface area contributed by atoms with Gasteiger partial charge in [-0.2, -0.15) is 0 Å². The quantitative estimate of drug-likeness (QED) is 0.461. The first-order valence-corrected chi connectivity index (χ1v) is 6.61. The highest BCUT2D eigenvalue weighted by Crippen LogP contribution is 2.36. The molecule has 3 nitrogen and oxygen atoms in total. The summed E-state index contributed by atoms with van der Waals surface area (Å²) in [4.78, 5) is 10.8. The summed E-state index contributed by atoms with van der Waals surface area (Å²) >= 11 is 0. The van der Waals surface area contributed by atoms with Gasteiger partial charge in [0.25, 0.3) is 0 Å². The summed E-state index contributed by atoms with van der Waals surface area (Å²) in [5.74, 6) is -0.236. The number of carbonyl (C=O) groups excluding carboxylic acids is 1. The van der Waals surface area contributed by atoms with Gasteiger partial charge in [-0.15, -0.1) is 0 Å². The standard InChI is InChI=1S/C13H25NO2/c1-2-3-4-5-6-7-8-9-13(11-16-13)10-12(14)15/h2-11H2,1H3,(H2,14,15). The molecule has 1 rings (SSSR count). The summed E-state index contributed by atoms with van der Waals surface area (Å²) in [6.07, 6.45) is 10.5. The number of hydrogen-bond donors (Lipinski definition) is 1. The Balaban J connectivity index is 1.93. The van der Waals surface area contributed by atoms with Crippen molar-refractivity contribution in [1.29, 1.82) is 0 Å². The Hall–Kier alpha value is -0.570. The van der Waals surface area contributed by atoms with E-state index >= 15 is 0 Å². The molecule has 1 atom stereocenters. The maximum Gasteiger partial charge on any atom is 0.220 e. The summed E-state index contributed by atoms with van der Waals surface area (Å²) < 4.78 is 5.35. The molecule has 2 N–H and O–H groups in total. The highest BCUT2D eigenvalue weighted by molar-refractivity contribution is 5.75. The lowest BCUT2D eigenvalue weighted by molar-refractivity contribution is -0.119. The molecule has 1 aliphatic heterocycles. The van der Waals surface area contributed by atoms with Gasteiger partial charge in [0, 0.05) is 0 Å². The van der Waals surface area contributed by atoms with Crippen LogP contribution in [0.4, 0.5) is 0 Å². The fraction of sp³-hybridized carbons (Fsp3) is 0.923. The molecular weight excluding hydrogens is 202 g/mol. The van der Waals surface area contributed by atoms with Crippen LogP contribution in [0.1, 0.15) is 64.7 Å². The van der Waals surface area contributed by atoms with Gasteiger partial charge in [-0.3, -0.25) is 4.79 Å². The Kier molecular flexibility index (Phi) is 5.81. The Bertz CT molecular complexity index is 212. The summed E-state index contributed by atoms with van der Waals surface area (Å²) in [5.41, 5.74) is 5.03. The molecule has 1 fully saturated rings. The van der Waals surface area contributed by atoms with E-state index in [4.69, 9.17) is 10.5 Å². The number of hydrogen-bond acceptors (Lipinski definition) is 2. The van der Waals surface area contributed by atoms with E-state index in [-0.39, 0.29) is 11.5 Å². The van der Waals surface area contributed by atoms with Gasteiger partial charge in [0.15, 0.2) is 0 Å².